The third kappa shape index (κ3) is 3.31. The van der Waals surface area contributed by atoms with Gasteiger partial charge in [-0.1, -0.05) is 6.07 Å². The van der Waals surface area contributed by atoms with Gasteiger partial charge in [-0.05, 0) is 56.4 Å². The van der Waals surface area contributed by atoms with Crippen molar-refractivity contribution in [1.82, 2.24) is 5.32 Å². The number of primary amides is 1. The summed E-state index contributed by atoms with van der Waals surface area (Å²) in [6.07, 6.45) is 3.13. The van der Waals surface area contributed by atoms with Crippen molar-refractivity contribution in [3.63, 3.8) is 0 Å². The van der Waals surface area contributed by atoms with Crippen LogP contribution in [0.4, 0.5) is 0 Å². The van der Waals surface area contributed by atoms with Crippen molar-refractivity contribution in [2.75, 3.05) is 13.7 Å². The van der Waals surface area contributed by atoms with Crippen molar-refractivity contribution in [2.24, 2.45) is 11.1 Å². The fraction of sp³-hybridized carbons (Fsp3) is 0.562. The largest absolute Gasteiger partial charge is 0.497 e. The maximum absolute atomic E-state index is 11.3. The maximum Gasteiger partial charge on any atom is 0.224 e. The van der Waals surface area contributed by atoms with Crippen LogP contribution in [-0.4, -0.2) is 25.6 Å². The normalized spacial score (nSPS) is 18.4. The van der Waals surface area contributed by atoms with Crippen LogP contribution in [0.1, 0.15) is 31.4 Å². The monoisotopic (exact) mass is 276 g/mol. The fourth-order valence-electron chi connectivity index (χ4n) is 2.52. The standard InChI is InChI=1S/C16H24N2O2/c1-16(2,15(17)19)10-18-13-6-4-11-5-7-14(20-3)9-12(11)8-13/h5,7,9,13,18H,4,6,8,10H2,1-3H3,(H2,17,19)/t13-/m1/s1. The van der Waals surface area contributed by atoms with Crippen molar-refractivity contribution in [3.8, 4) is 5.75 Å². The van der Waals surface area contributed by atoms with Gasteiger partial charge < -0.3 is 15.8 Å². The molecule has 0 fully saturated rings. The highest BCUT2D eigenvalue weighted by Gasteiger charge is 2.27. The molecule has 2 rings (SSSR count). The lowest BCUT2D eigenvalue weighted by Gasteiger charge is -2.29. The Morgan fingerprint density at radius 3 is 2.85 bits per heavy atom. The lowest BCUT2D eigenvalue weighted by molar-refractivity contribution is -0.125. The van der Waals surface area contributed by atoms with E-state index in [2.05, 4.69) is 17.4 Å². The van der Waals surface area contributed by atoms with Crippen LogP contribution in [0.15, 0.2) is 18.2 Å². The van der Waals surface area contributed by atoms with Gasteiger partial charge in [-0.25, -0.2) is 0 Å². The van der Waals surface area contributed by atoms with E-state index in [0.29, 0.717) is 12.6 Å². The molecule has 0 saturated heterocycles. The zero-order valence-corrected chi connectivity index (χ0v) is 12.5. The Hall–Kier alpha value is -1.55. The minimum absolute atomic E-state index is 0.261. The molecule has 4 nitrogen and oxygen atoms in total. The van der Waals surface area contributed by atoms with Gasteiger partial charge in [-0.2, -0.15) is 0 Å². The summed E-state index contributed by atoms with van der Waals surface area (Å²) in [4.78, 5) is 11.3. The second kappa shape index (κ2) is 5.83. The predicted molar refractivity (Wildman–Crippen MR) is 79.8 cm³/mol. The first kappa shape index (κ1) is 14.9. The van der Waals surface area contributed by atoms with Gasteiger partial charge in [0.1, 0.15) is 5.75 Å². The first-order valence-electron chi connectivity index (χ1n) is 7.11. The van der Waals surface area contributed by atoms with Crippen molar-refractivity contribution in [1.29, 1.82) is 0 Å². The molecule has 0 heterocycles. The predicted octanol–water partition coefficient (Wildman–Crippen LogP) is 1.65. The summed E-state index contributed by atoms with van der Waals surface area (Å²) in [6, 6.07) is 6.68. The zero-order chi connectivity index (χ0) is 14.8. The molecular weight excluding hydrogens is 252 g/mol. The van der Waals surface area contributed by atoms with E-state index in [1.165, 1.54) is 11.1 Å². The highest BCUT2D eigenvalue weighted by molar-refractivity contribution is 5.80. The van der Waals surface area contributed by atoms with E-state index >= 15 is 0 Å². The van der Waals surface area contributed by atoms with E-state index in [9.17, 15) is 4.79 Å². The number of nitrogens with one attached hydrogen (secondary N) is 1. The van der Waals surface area contributed by atoms with Crippen molar-refractivity contribution in [2.45, 2.75) is 39.2 Å². The third-order valence-corrected chi connectivity index (χ3v) is 4.14. The molecule has 110 valence electrons. The van der Waals surface area contributed by atoms with Gasteiger partial charge in [0, 0.05) is 12.6 Å². The van der Waals surface area contributed by atoms with Crippen molar-refractivity contribution in [3.05, 3.63) is 29.3 Å². The summed E-state index contributed by atoms with van der Waals surface area (Å²) >= 11 is 0. The molecule has 1 aliphatic carbocycles. The van der Waals surface area contributed by atoms with Crippen LogP contribution in [0.5, 0.6) is 5.75 Å². The van der Waals surface area contributed by atoms with Crippen LogP contribution < -0.4 is 15.8 Å². The zero-order valence-electron chi connectivity index (χ0n) is 12.5. The highest BCUT2D eigenvalue weighted by Crippen LogP contribution is 2.26. The SMILES string of the molecule is COc1ccc2c(c1)C[C@H](NCC(C)(C)C(N)=O)CC2. The van der Waals surface area contributed by atoms with Crippen LogP contribution in [0.3, 0.4) is 0 Å². The minimum Gasteiger partial charge on any atom is -0.497 e. The quantitative estimate of drug-likeness (QED) is 0.859. The lowest BCUT2D eigenvalue weighted by atomic mass is 9.86. The highest BCUT2D eigenvalue weighted by atomic mass is 16.5. The Labute approximate surface area is 120 Å². The van der Waals surface area contributed by atoms with Gasteiger partial charge in [-0.15, -0.1) is 0 Å². The van der Waals surface area contributed by atoms with Crippen molar-refractivity contribution < 1.29 is 9.53 Å². The first-order valence-corrected chi connectivity index (χ1v) is 7.11. The first-order chi connectivity index (χ1) is 9.42. The van der Waals surface area contributed by atoms with E-state index in [-0.39, 0.29) is 5.91 Å². The Bertz CT molecular complexity index is 497. The van der Waals surface area contributed by atoms with Crippen LogP contribution in [0.2, 0.25) is 0 Å². The second-order valence-electron chi connectivity index (χ2n) is 6.20. The molecule has 1 aromatic carbocycles. The number of fused-ring (bicyclic) bond motifs is 1. The molecule has 1 amide bonds. The number of amides is 1. The second-order valence-corrected chi connectivity index (χ2v) is 6.20. The maximum atomic E-state index is 11.3. The van der Waals surface area contributed by atoms with E-state index in [1.54, 1.807) is 7.11 Å². The molecule has 1 aromatic rings. The number of ether oxygens (including phenoxy) is 1. The molecule has 0 unspecified atom stereocenters. The van der Waals surface area contributed by atoms with Crippen LogP contribution in [0.25, 0.3) is 0 Å². The number of methoxy groups -OCH3 is 1. The van der Waals surface area contributed by atoms with E-state index < -0.39 is 5.41 Å². The molecule has 0 aromatic heterocycles. The molecule has 1 aliphatic rings. The van der Waals surface area contributed by atoms with Gasteiger partial charge in [0.25, 0.3) is 0 Å². The van der Waals surface area contributed by atoms with Crippen LogP contribution in [0, 0.1) is 5.41 Å². The topological polar surface area (TPSA) is 64.3 Å². The molecule has 0 radical (unpaired) electrons. The van der Waals surface area contributed by atoms with E-state index in [0.717, 1.165) is 25.0 Å². The molecule has 20 heavy (non-hydrogen) atoms. The van der Waals surface area contributed by atoms with Crippen LogP contribution in [-0.2, 0) is 17.6 Å². The number of carbonyl (C=O) groups is 1. The van der Waals surface area contributed by atoms with Gasteiger partial charge in [0.05, 0.1) is 12.5 Å². The summed E-state index contributed by atoms with van der Waals surface area (Å²) in [7, 11) is 1.69. The summed E-state index contributed by atoms with van der Waals surface area (Å²) in [5.41, 5.74) is 7.64. The summed E-state index contributed by atoms with van der Waals surface area (Å²) in [6.45, 7) is 4.37. The minimum atomic E-state index is -0.505. The molecule has 3 N–H and O–H groups in total. The Balaban J connectivity index is 1.98. The fourth-order valence-corrected chi connectivity index (χ4v) is 2.52. The third-order valence-electron chi connectivity index (χ3n) is 4.14. The number of benzene rings is 1. The average Bonchev–Trinajstić information content (AvgIpc) is 2.44. The number of nitrogens with two attached hydrogens (primary N) is 1. The molecule has 0 saturated carbocycles. The summed E-state index contributed by atoms with van der Waals surface area (Å²) < 4.78 is 5.28. The smallest absolute Gasteiger partial charge is 0.224 e. The Kier molecular flexibility index (Phi) is 4.33. The summed E-state index contributed by atoms with van der Waals surface area (Å²) in [5, 5.41) is 3.48. The molecule has 1 atom stereocenters. The Morgan fingerprint density at radius 2 is 2.20 bits per heavy atom. The summed E-state index contributed by atoms with van der Waals surface area (Å²) in [5.74, 6) is 0.643. The molecular formula is C16H24N2O2. The molecule has 4 heteroatoms. The lowest BCUT2D eigenvalue weighted by Crippen LogP contribution is -2.45. The van der Waals surface area contributed by atoms with E-state index in [1.807, 2.05) is 19.9 Å². The van der Waals surface area contributed by atoms with Gasteiger partial charge in [-0.3, -0.25) is 4.79 Å². The van der Waals surface area contributed by atoms with Crippen LogP contribution >= 0.6 is 0 Å². The van der Waals surface area contributed by atoms with E-state index in [4.69, 9.17) is 10.5 Å². The number of hydrogen-bond acceptors (Lipinski definition) is 3. The average molecular weight is 276 g/mol. The molecule has 0 bridgehead atoms. The molecule has 0 aliphatic heterocycles. The van der Waals surface area contributed by atoms with Crippen molar-refractivity contribution >= 4 is 5.91 Å². The van der Waals surface area contributed by atoms with Gasteiger partial charge >= 0.3 is 0 Å². The number of rotatable bonds is 5. The van der Waals surface area contributed by atoms with Gasteiger partial charge in [0.2, 0.25) is 5.91 Å². The van der Waals surface area contributed by atoms with Gasteiger partial charge in [0.15, 0.2) is 0 Å². The number of hydrogen-bond donors (Lipinski definition) is 2. The number of carbonyl (C=O) groups excluding carboxylic acids is 1. The Morgan fingerprint density at radius 1 is 1.45 bits per heavy atom. The number of aryl methyl sites for hydroxylation is 1. The molecule has 0 spiro atoms.